The third-order valence-corrected chi connectivity index (χ3v) is 6.03. The molecule has 4 aliphatic rings. The highest BCUT2D eigenvalue weighted by Gasteiger charge is 2.62. The number of alkyl halides is 3. The summed E-state index contributed by atoms with van der Waals surface area (Å²) in [4.78, 5) is 12.1. The fraction of sp³-hybridized carbons (Fsp3) is 0.923. The van der Waals surface area contributed by atoms with Gasteiger partial charge in [-0.05, 0) is 49.9 Å². The van der Waals surface area contributed by atoms with Gasteiger partial charge in [-0.15, -0.1) is 0 Å². The first-order valence-corrected chi connectivity index (χ1v) is 7.64. The molecule has 4 rings (SSSR count). The highest BCUT2D eigenvalue weighted by molar-refractivity contribution is 6.67. The van der Waals surface area contributed by atoms with Gasteiger partial charge in [-0.25, -0.2) is 0 Å². The molecule has 4 saturated carbocycles. The predicted molar refractivity (Wildman–Crippen MR) is 71.8 cm³/mol. The summed E-state index contributed by atoms with van der Waals surface area (Å²) in [6, 6.07) is 0. The summed E-state index contributed by atoms with van der Waals surface area (Å²) in [5.41, 5.74) is -0.280. The number of hydrogen-bond acceptors (Lipinski definition) is 2. The van der Waals surface area contributed by atoms with Crippen molar-refractivity contribution in [3.05, 3.63) is 0 Å². The van der Waals surface area contributed by atoms with Crippen LogP contribution in [0.2, 0.25) is 0 Å². The number of methoxy groups -OCH3 is 1. The number of carbonyl (C=O) groups is 1. The van der Waals surface area contributed by atoms with Crippen molar-refractivity contribution in [2.45, 2.75) is 35.9 Å². The Kier molecular flexibility index (Phi) is 3.08. The van der Waals surface area contributed by atoms with Crippen LogP contribution in [-0.2, 0) is 9.53 Å². The Morgan fingerprint density at radius 2 is 1.72 bits per heavy atom. The molecule has 0 radical (unpaired) electrons. The highest BCUT2D eigenvalue weighted by Crippen LogP contribution is 2.66. The van der Waals surface area contributed by atoms with Gasteiger partial charge in [0.15, 0.2) is 3.79 Å². The largest absolute Gasteiger partial charge is 0.469 e. The van der Waals surface area contributed by atoms with E-state index in [2.05, 4.69) is 0 Å². The Balaban J connectivity index is 1.91. The quantitative estimate of drug-likeness (QED) is 0.541. The maximum atomic E-state index is 12.1. The maximum absolute atomic E-state index is 12.1. The average molecular weight is 312 g/mol. The molecule has 0 aromatic heterocycles. The molecule has 0 N–H and O–H groups in total. The molecule has 2 unspecified atom stereocenters. The molecule has 102 valence electrons. The molecule has 0 saturated heterocycles. The molecule has 0 aromatic rings. The van der Waals surface area contributed by atoms with Crippen LogP contribution in [0.4, 0.5) is 0 Å². The summed E-state index contributed by atoms with van der Waals surface area (Å²) in [5.74, 6) is 1.40. The van der Waals surface area contributed by atoms with Crippen molar-refractivity contribution in [2.75, 3.05) is 7.11 Å². The minimum atomic E-state index is -1.19. The van der Waals surface area contributed by atoms with Crippen LogP contribution in [0.3, 0.4) is 0 Å². The van der Waals surface area contributed by atoms with Crippen LogP contribution in [0.1, 0.15) is 32.1 Å². The summed E-state index contributed by atoms with van der Waals surface area (Å²) in [5, 5.41) is 0. The number of rotatable bonds is 1. The van der Waals surface area contributed by atoms with E-state index in [-0.39, 0.29) is 17.3 Å². The Morgan fingerprint density at radius 1 is 1.17 bits per heavy atom. The average Bonchev–Trinajstić information content (AvgIpc) is 2.24. The smallest absolute Gasteiger partial charge is 0.311 e. The number of hydrogen-bond donors (Lipinski definition) is 0. The molecule has 0 amide bonds. The third-order valence-electron chi connectivity index (χ3n) is 5.27. The lowest BCUT2D eigenvalue weighted by atomic mass is 9.46. The number of carbonyl (C=O) groups excluding carboxylic acids is 1. The van der Waals surface area contributed by atoms with Gasteiger partial charge in [-0.1, -0.05) is 34.8 Å². The van der Waals surface area contributed by atoms with Crippen LogP contribution in [0.25, 0.3) is 0 Å². The van der Waals surface area contributed by atoms with Crippen LogP contribution in [-0.4, -0.2) is 16.9 Å². The van der Waals surface area contributed by atoms with E-state index in [9.17, 15) is 4.79 Å². The molecule has 4 aliphatic carbocycles. The molecule has 5 heteroatoms. The van der Waals surface area contributed by atoms with Crippen molar-refractivity contribution >= 4 is 40.8 Å². The zero-order valence-corrected chi connectivity index (χ0v) is 12.6. The van der Waals surface area contributed by atoms with Crippen LogP contribution >= 0.6 is 34.8 Å². The highest BCUT2D eigenvalue weighted by atomic mass is 35.6. The summed E-state index contributed by atoms with van der Waals surface area (Å²) in [7, 11) is 1.48. The molecule has 0 aromatic carbocycles. The van der Waals surface area contributed by atoms with E-state index in [1.54, 1.807) is 0 Å². The fourth-order valence-corrected chi connectivity index (χ4v) is 6.09. The van der Waals surface area contributed by atoms with Gasteiger partial charge in [-0.3, -0.25) is 4.79 Å². The second-order valence-electron chi connectivity index (χ2n) is 6.31. The van der Waals surface area contributed by atoms with Gasteiger partial charge in [0.05, 0.1) is 12.5 Å². The third kappa shape index (κ3) is 1.87. The fourth-order valence-electron chi connectivity index (χ4n) is 5.03. The molecule has 18 heavy (non-hydrogen) atoms. The zero-order chi connectivity index (χ0) is 13.1. The normalized spacial score (nSPS) is 46.2. The summed E-state index contributed by atoms with van der Waals surface area (Å²) >= 11 is 18.5. The molecule has 2 nitrogen and oxygen atoms in total. The van der Waals surface area contributed by atoms with Gasteiger partial charge in [0.25, 0.3) is 0 Å². The van der Waals surface area contributed by atoms with Crippen molar-refractivity contribution < 1.29 is 9.53 Å². The molecular weight excluding hydrogens is 295 g/mol. The standard InChI is InChI=1S/C13H17Cl3O2/c1-18-11(17)12-4-7-2-8(5-12)10(13(14,15)16)9(3-7)6-12/h7-10H,2-6H2,1H3. The van der Waals surface area contributed by atoms with E-state index >= 15 is 0 Å². The van der Waals surface area contributed by atoms with E-state index in [1.807, 2.05) is 0 Å². The van der Waals surface area contributed by atoms with E-state index < -0.39 is 3.79 Å². The number of halogens is 3. The van der Waals surface area contributed by atoms with Crippen molar-refractivity contribution in [3.8, 4) is 0 Å². The maximum Gasteiger partial charge on any atom is 0.311 e. The minimum Gasteiger partial charge on any atom is -0.469 e. The minimum absolute atomic E-state index is 0.0512. The molecular formula is C13H17Cl3O2. The van der Waals surface area contributed by atoms with Gasteiger partial charge in [0.2, 0.25) is 0 Å². The monoisotopic (exact) mass is 310 g/mol. The zero-order valence-electron chi connectivity index (χ0n) is 10.3. The Morgan fingerprint density at radius 3 is 2.17 bits per heavy atom. The van der Waals surface area contributed by atoms with Crippen LogP contribution in [0.5, 0.6) is 0 Å². The van der Waals surface area contributed by atoms with E-state index in [0.717, 1.165) is 32.1 Å². The number of esters is 1. The van der Waals surface area contributed by atoms with Gasteiger partial charge >= 0.3 is 5.97 Å². The summed E-state index contributed by atoms with van der Waals surface area (Å²) in [6.07, 6.45) is 4.86. The lowest BCUT2D eigenvalue weighted by Crippen LogP contribution is -2.57. The Bertz CT molecular complexity index is 361. The molecule has 0 aliphatic heterocycles. The molecule has 0 heterocycles. The Hall–Kier alpha value is 0.340. The first-order valence-electron chi connectivity index (χ1n) is 6.51. The molecule has 2 atom stereocenters. The molecule has 0 spiro atoms. The van der Waals surface area contributed by atoms with Gasteiger partial charge in [0.1, 0.15) is 0 Å². The summed E-state index contributed by atoms with van der Waals surface area (Å²) < 4.78 is 3.82. The van der Waals surface area contributed by atoms with Crippen molar-refractivity contribution in [3.63, 3.8) is 0 Å². The first kappa shape index (κ1) is 13.3. The molecule has 4 bridgehead atoms. The predicted octanol–water partition coefficient (Wildman–Crippen LogP) is 3.97. The number of ether oxygens (including phenoxy) is 1. The van der Waals surface area contributed by atoms with Gasteiger partial charge < -0.3 is 4.74 Å². The molecule has 4 fully saturated rings. The van der Waals surface area contributed by atoms with E-state index in [1.165, 1.54) is 7.11 Å². The first-order chi connectivity index (χ1) is 8.36. The second-order valence-corrected chi connectivity index (χ2v) is 8.68. The van der Waals surface area contributed by atoms with Crippen molar-refractivity contribution in [1.29, 1.82) is 0 Å². The summed E-state index contributed by atoms with van der Waals surface area (Å²) in [6.45, 7) is 0. The Labute approximate surface area is 122 Å². The lowest BCUT2D eigenvalue weighted by molar-refractivity contribution is -0.174. The second kappa shape index (κ2) is 4.17. The van der Waals surface area contributed by atoms with Crippen LogP contribution in [0.15, 0.2) is 0 Å². The van der Waals surface area contributed by atoms with Crippen LogP contribution < -0.4 is 0 Å². The van der Waals surface area contributed by atoms with Crippen LogP contribution in [0, 0.1) is 29.1 Å². The van der Waals surface area contributed by atoms with E-state index in [4.69, 9.17) is 39.5 Å². The van der Waals surface area contributed by atoms with Gasteiger partial charge in [-0.2, -0.15) is 0 Å². The topological polar surface area (TPSA) is 26.3 Å². The van der Waals surface area contributed by atoms with Crippen molar-refractivity contribution in [2.24, 2.45) is 29.1 Å². The van der Waals surface area contributed by atoms with Crippen molar-refractivity contribution in [1.82, 2.24) is 0 Å². The SMILES string of the molecule is COC(=O)C12CC3CC(C1)C(C(Cl)(Cl)Cl)C(C3)C2. The lowest BCUT2D eigenvalue weighted by Gasteiger charge is -2.59. The van der Waals surface area contributed by atoms with E-state index in [0.29, 0.717) is 17.8 Å². The van der Waals surface area contributed by atoms with Gasteiger partial charge in [0, 0.05) is 5.92 Å².